The highest BCUT2D eigenvalue weighted by Gasteiger charge is 2.31. The van der Waals surface area contributed by atoms with E-state index in [1.165, 1.54) is 16.4 Å². The van der Waals surface area contributed by atoms with E-state index in [2.05, 4.69) is 19.2 Å². The molecule has 0 saturated carbocycles. The number of benzene rings is 2. The molecule has 2 unspecified atom stereocenters. The molecule has 1 fully saturated rings. The third-order valence-corrected chi connectivity index (χ3v) is 6.76. The van der Waals surface area contributed by atoms with Gasteiger partial charge in [-0.25, -0.2) is 8.42 Å². The average Bonchev–Trinajstić information content (AvgIpc) is 2.67. The van der Waals surface area contributed by atoms with Crippen LogP contribution in [-0.4, -0.2) is 36.8 Å². The first kappa shape index (κ1) is 20.5. The molecule has 2 aromatic carbocycles. The second kappa shape index (κ2) is 8.43. The number of nitrogens with zero attached hydrogens (tertiary/aromatic N) is 1. The first-order chi connectivity index (χ1) is 13.3. The molecular formula is C21H26N2O4S. The van der Waals surface area contributed by atoms with Crippen LogP contribution >= 0.6 is 0 Å². The maximum atomic E-state index is 13.1. The summed E-state index contributed by atoms with van der Waals surface area (Å²) in [7, 11) is -3.65. The Labute approximate surface area is 166 Å². The predicted octanol–water partition coefficient (Wildman–Crippen LogP) is 3.10. The molecule has 1 heterocycles. The van der Waals surface area contributed by atoms with E-state index in [1.807, 2.05) is 0 Å². The summed E-state index contributed by atoms with van der Waals surface area (Å²) in [6, 6.07) is 13.0. The minimum Gasteiger partial charge on any atom is -0.392 e. The topological polar surface area (TPSA) is 86.7 Å². The summed E-state index contributed by atoms with van der Waals surface area (Å²) in [5, 5.41) is 12.0. The van der Waals surface area contributed by atoms with Crippen molar-refractivity contribution >= 4 is 21.6 Å². The first-order valence-corrected chi connectivity index (χ1v) is 10.8. The van der Waals surface area contributed by atoms with Crippen molar-refractivity contribution in [2.45, 2.75) is 31.8 Å². The van der Waals surface area contributed by atoms with E-state index in [4.69, 9.17) is 0 Å². The molecule has 150 valence electrons. The SMILES string of the molecule is CC1CC(C)CN(S(=O)(=O)c2cccc(C(=O)Nc3cccc(CO)c3)c2)C1. The van der Waals surface area contributed by atoms with Crippen LogP contribution in [0.25, 0.3) is 0 Å². The summed E-state index contributed by atoms with van der Waals surface area (Å²) in [6.07, 6.45) is 1.02. The molecule has 28 heavy (non-hydrogen) atoms. The summed E-state index contributed by atoms with van der Waals surface area (Å²) in [5.74, 6) is 0.222. The maximum absolute atomic E-state index is 13.1. The van der Waals surface area contributed by atoms with Gasteiger partial charge in [-0.1, -0.05) is 32.0 Å². The van der Waals surface area contributed by atoms with Gasteiger partial charge in [0.15, 0.2) is 0 Å². The minimum atomic E-state index is -3.65. The number of aliphatic hydroxyl groups excluding tert-OH is 1. The lowest BCUT2D eigenvalue weighted by molar-refractivity contribution is 0.102. The number of hydrogen-bond donors (Lipinski definition) is 2. The van der Waals surface area contributed by atoms with E-state index in [0.717, 1.165) is 6.42 Å². The van der Waals surface area contributed by atoms with Gasteiger partial charge in [-0.15, -0.1) is 0 Å². The van der Waals surface area contributed by atoms with Crippen LogP contribution in [0.3, 0.4) is 0 Å². The second-order valence-corrected chi connectivity index (χ2v) is 9.55. The summed E-state index contributed by atoms with van der Waals surface area (Å²) >= 11 is 0. The molecule has 3 rings (SSSR count). The zero-order chi connectivity index (χ0) is 20.3. The fourth-order valence-electron chi connectivity index (χ4n) is 3.70. The summed E-state index contributed by atoms with van der Waals surface area (Å²) in [6.45, 7) is 4.99. The number of amides is 1. The van der Waals surface area contributed by atoms with Gasteiger partial charge in [0, 0.05) is 24.3 Å². The van der Waals surface area contributed by atoms with Crippen LogP contribution in [0.5, 0.6) is 0 Å². The van der Waals surface area contributed by atoms with Gasteiger partial charge in [-0.2, -0.15) is 4.31 Å². The first-order valence-electron chi connectivity index (χ1n) is 9.41. The zero-order valence-corrected chi connectivity index (χ0v) is 16.9. The van der Waals surface area contributed by atoms with Crippen molar-refractivity contribution in [2.24, 2.45) is 11.8 Å². The van der Waals surface area contributed by atoms with Gasteiger partial charge < -0.3 is 10.4 Å². The van der Waals surface area contributed by atoms with E-state index in [1.54, 1.807) is 36.4 Å². The van der Waals surface area contributed by atoms with Crippen LogP contribution in [0.2, 0.25) is 0 Å². The molecule has 1 amide bonds. The number of sulfonamides is 1. The standard InChI is InChI=1S/C21H26N2O4S/c1-15-9-16(2)13-23(12-15)28(26,27)20-8-4-6-18(11-20)21(25)22-19-7-3-5-17(10-19)14-24/h3-8,10-11,15-16,24H,9,12-14H2,1-2H3,(H,22,25). The largest absolute Gasteiger partial charge is 0.392 e. The Morgan fingerprint density at radius 1 is 1.11 bits per heavy atom. The summed E-state index contributed by atoms with van der Waals surface area (Å²) in [5.41, 5.74) is 1.50. The molecule has 0 bridgehead atoms. The normalized spacial score (nSPS) is 20.7. The minimum absolute atomic E-state index is 0.121. The van der Waals surface area contributed by atoms with E-state index in [9.17, 15) is 18.3 Å². The highest BCUT2D eigenvalue weighted by atomic mass is 32.2. The molecule has 0 aromatic heterocycles. The Balaban J connectivity index is 1.82. The highest BCUT2D eigenvalue weighted by Crippen LogP contribution is 2.27. The van der Waals surface area contributed by atoms with Gasteiger partial charge in [0.25, 0.3) is 5.91 Å². The number of piperidine rings is 1. The van der Waals surface area contributed by atoms with Crippen molar-refractivity contribution in [3.05, 3.63) is 59.7 Å². The molecule has 0 spiro atoms. The van der Waals surface area contributed by atoms with Gasteiger partial charge in [0.2, 0.25) is 10.0 Å². The molecule has 0 radical (unpaired) electrons. The number of anilines is 1. The van der Waals surface area contributed by atoms with Crippen LogP contribution in [0, 0.1) is 11.8 Å². The third-order valence-electron chi connectivity index (χ3n) is 4.94. The second-order valence-electron chi connectivity index (χ2n) is 7.61. The molecule has 2 aromatic rings. The predicted molar refractivity (Wildman–Crippen MR) is 108 cm³/mol. The van der Waals surface area contributed by atoms with Gasteiger partial charge >= 0.3 is 0 Å². The van der Waals surface area contributed by atoms with Gasteiger partial charge in [0.1, 0.15) is 0 Å². The van der Waals surface area contributed by atoms with Gasteiger partial charge in [-0.05, 0) is 54.2 Å². The van der Waals surface area contributed by atoms with E-state index >= 15 is 0 Å². The Morgan fingerprint density at radius 3 is 2.46 bits per heavy atom. The average molecular weight is 403 g/mol. The molecule has 1 aliphatic rings. The van der Waals surface area contributed by atoms with Crippen LogP contribution < -0.4 is 5.32 Å². The highest BCUT2D eigenvalue weighted by molar-refractivity contribution is 7.89. The van der Waals surface area contributed by atoms with Crippen LogP contribution in [-0.2, 0) is 16.6 Å². The fourth-order valence-corrected chi connectivity index (χ4v) is 5.43. The molecular weight excluding hydrogens is 376 g/mol. The summed E-state index contributed by atoms with van der Waals surface area (Å²) in [4.78, 5) is 12.7. The Hall–Kier alpha value is -2.22. The monoisotopic (exact) mass is 402 g/mol. The molecule has 7 heteroatoms. The molecule has 6 nitrogen and oxygen atoms in total. The number of rotatable bonds is 5. The lowest BCUT2D eigenvalue weighted by Crippen LogP contribution is -2.42. The Kier molecular flexibility index (Phi) is 6.17. The molecule has 1 aliphatic heterocycles. The van der Waals surface area contributed by atoms with Crippen LogP contribution in [0.15, 0.2) is 53.4 Å². The van der Waals surface area contributed by atoms with Crippen LogP contribution in [0.4, 0.5) is 5.69 Å². The Morgan fingerprint density at radius 2 is 1.79 bits per heavy atom. The fraction of sp³-hybridized carbons (Fsp3) is 0.381. The van der Waals surface area contributed by atoms with Crippen molar-refractivity contribution in [1.82, 2.24) is 4.31 Å². The van der Waals surface area contributed by atoms with Crippen LogP contribution in [0.1, 0.15) is 36.2 Å². The smallest absolute Gasteiger partial charge is 0.255 e. The molecule has 0 aliphatic carbocycles. The van der Waals surface area contributed by atoms with Crippen molar-refractivity contribution < 1.29 is 18.3 Å². The number of aliphatic hydroxyl groups is 1. The summed E-state index contributed by atoms with van der Waals surface area (Å²) < 4.78 is 27.6. The van der Waals surface area contributed by atoms with E-state index in [-0.39, 0.29) is 17.1 Å². The van der Waals surface area contributed by atoms with E-state index in [0.29, 0.717) is 36.2 Å². The molecule has 2 N–H and O–H groups in total. The Bertz CT molecular complexity index is 948. The quantitative estimate of drug-likeness (QED) is 0.805. The van der Waals surface area contributed by atoms with Crippen molar-refractivity contribution in [2.75, 3.05) is 18.4 Å². The number of carbonyl (C=O) groups excluding carboxylic acids is 1. The van der Waals surface area contributed by atoms with Crippen molar-refractivity contribution in [1.29, 1.82) is 0 Å². The van der Waals surface area contributed by atoms with Gasteiger partial charge in [0.05, 0.1) is 11.5 Å². The van der Waals surface area contributed by atoms with Crippen molar-refractivity contribution in [3.8, 4) is 0 Å². The third kappa shape index (κ3) is 4.60. The lowest BCUT2D eigenvalue weighted by Gasteiger charge is -2.34. The van der Waals surface area contributed by atoms with Crippen molar-refractivity contribution in [3.63, 3.8) is 0 Å². The maximum Gasteiger partial charge on any atom is 0.255 e. The molecule has 2 atom stereocenters. The molecule has 1 saturated heterocycles. The van der Waals surface area contributed by atoms with E-state index < -0.39 is 15.9 Å². The number of hydrogen-bond acceptors (Lipinski definition) is 4. The van der Waals surface area contributed by atoms with Gasteiger partial charge in [-0.3, -0.25) is 4.79 Å². The zero-order valence-electron chi connectivity index (χ0n) is 16.1. The lowest BCUT2D eigenvalue weighted by atomic mass is 9.94. The number of nitrogens with one attached hydrogen (secondary N) is 1. The number of carbonyl (C=O) groups is 1.